The first-order valence-corrected chi connectivity index (χ1v) is 7.56. The Hall–Kier alpha value is -0.910. The Kier molecular flexibility index (Phi) is 5.18. The lowest BCUT2D eigenvalue weighted by Gasteiger charge is -2.18. The van der Waals surface area contributed by atoms with E-state index in [4.69, 9.17) is 11.6 Å². The van der Waals surface area contributed by atoms with Gasteiger partial charge in [-0.15, -0.1) is 0 Å². The highest BCUT2D eigenvalue weighted by Gasteiger charge is 2.22. The third kappa shape index (κ3) is 3.22. The highest BCUT2D eigenvalue weighted by Crippen LogP contribution is 2.32. The lowest BCUT2D eigenvalue weighted by atomic mass is 10.0. The molecule has 0 bridgehead atoms. The quantitative estimate of drug-likeness (QED) is 0.815. The molecule has 3 nitrogen and oxygen atoms in total. The van der Waals surface area contributed by atoms with Crippen molar-refractivity contribution >= 4 is 27.5 Å². The van der Waals surface area contributed by atoms with E-state index in [9.17, 15) is 4.39 Å². The van der Waals surface area contributed by atoms with Crippen molar-refractivity contribution in [2.75, 3.05) is 6.54 Å². The number of nitrogens with zero attached hydrogens (tertiary/aromatic N) is 2. The van der Waals surface area contributed by atoms with Gasteiger partial charge in [0.25, 0.3) is 0 Å². The molecule has 6 heteroatoms. The summed E-state index contributed by atoms with van der Waals surface area (Å²) in [6.45, 7) is 2.84. The van der Waals surface area contributed by atoms with Crippen LogP contribution in [0.2, 0.25) is 5.02 Å². The van der Waals surface area contributed by atoms with Crippen molar-refractivity contribution in [3.8, 4) is 0 Å². The summed E-state index contributed by atoms with van der Waals surface area (Å²) in [7, 11) is 1.89. The van der Waals surface area contributed by atoms with Gasteiger partial charge in [-0.05, 0) is 35.0 Å². The zero-order valence-electron chi connectivity index (χ0n) is 11.3. The second kappa shape index (κ2) is 6.70. The number of imidazole rings is 1. The van der Waals surface area contributed by atoms with Crippen LogP contribution in [-0.2, 0) is 7.05 Å². The van der Waals surface area contributed by atoms with E-state index >= 15 is 0 Å². The minimum absolute atomic E-state index is 0.0988. The van der Waals surface area contributed by atoms with E-state index in [-0.39, 0.29) is 11.1 Å². The lowest BCUT2D eigenvalue weighted by Crippen LogP contribution is -2.24. The Morgan fingerprint density at radius 1 is 1.50 bits per heavy atom. The second-order valence-corrected chi connectivity index (χ2v) is 5.85. The van der Waals surface area contributed by atoms with Crippen molar-refractivity contribution in [3.05, 3.63) is 51.2 Å². The number of hydrogen-bond donors (Lipinski definition) is 1. The van der Waals surface area contributed by atoms with Gasteiger partial charge in [0.05, 0.1) is 23.1 Å². The molecule has 0 spiro atoms. The molecule has 108 valence electrons. The van der Waals surface area contributed by atoms with E-state index in [0.29, 0.717) is 10.0 Å². The van der Waals surface area contributed by atoms with Crippen molar-refractivity contribution in [2.45, 2.75) is 19.4 Å². The van der Waals surface area contributed by atoms with E-state index in [2.05, 4.69) is 33.2 Å². The largest absolute Gasteiger partial charge is 0.340 e. The van der Waals surface area contributed by atoms with Gasteiger partial charge in [0.1, 0.15) is 5.82 Å². The maximum Gasteiger partial charge on any atom is 0.148 e. The second-order valence-electron chi connectivity index (χ2n) is 4.62. The van der Waals surface area contributed by atoms with Crippen molar-refractivity contribution in [3.63, 3.8) is 0 Å². The maximum absolute atomic E-state index is 14.4. The van der Waals surface area contributed by atoms with E-state index in [0.717, 1.165) is 18.7 Å². The number of nitrogens with one attached hydrogen (secondary N) is 1. The summed E-state index contributed by atoms with van der Waals surface area (Å²) in [6, 6.07) is 3.18. The van der Waals surface area contributed by atoms with Crippen LogP contribution in [0.25, 0.3) is 0 Å². The van der Waals surface area contributed by atoms with Gasteiger partial charge in [-0.2, -0.15) is 0 Å². The molecule has 1 aromatic carbocycles. The summed E-state index contributed by atoms with van der Waals surface area (Å²) < 4.78 is 16.8. The first kappa shape index (κ1) is 15.5. The van der Waals surface area contributed by atoms with Gasteiger partial charge >= 0.3 is 0 Å². The number of halogens is 3. The molecule has 2 rings (SSSR count). The molecule has 0 aliphatic carbocycles. The Balaban J connectivity index is 2.43. The van der Waals surface area contributed by atoms with Gasteiger partial charge in [-0.3, -0.25) is 0 Å². The Labute approximate surface area is 131 Å². The SMILES string of the molecule is CCCNC(c1cn(C)cn1)c1ccc(Br)c(Cl)c1F. The normalized spacial score (nSPS) is 12.7. The minimum Gasteiger partial charge on any atom is -0.340 e. The van der Waals surface area contributed by atoms with Crippen LogP contribution < -0.4 is 5.32 Å². The van der Waals surface area contributed by atoms with Crippen molar-refractivity contribution < 1.29 is 4.39 Å². The van der Waals surface area contributed by atoms with E-state index < -0.39 is 5.82 Å². The van der Waals surface area contributed by atoms with Gasteiger partial charge in [0.15, 0.2) is 0 Å². The van der Waals surface area contributed by atoms with Crippen LogP contribution >= 0.6 is 27.5 Å². The van der Waals surface area contributed by atoms with Crippen LogP contribution in [0.4, 0.5) is 4.39 Å². The van der Waals surface area contributed by atoms with Crippen LogP contribution in [0.1, 0.15) is 30.6 Å². The highest BCUT2D eigenvalue weighted by atomic mass is 79.9. The number of aromatic nitrogens is 2. The molecular weight excluding hydrogens is 345 g/mol. The minimum atomic E-state index is -0.416. The van der Waals surface area contributed by atoms with Gasteiger partial charge < -0.3 is 9.88 Å². The van der Waals surface area contributed by atoms with Crippen molar-refractivity contribution in [1.29, 1.82) is 0 Å². The van der Waals surface area contributed by atoms with Gasteiger partial charge in [-0.1, -0.05) is 24.6 Å². The fraction of sp³-hybridized carbons (Fsp3) is 0.357. The molecule has 1 aromatic heterocycles. The smallest absolute Gasteiger partial charge is 0.148 e. The molecule has 2 aromatic rings. The molecule has 1 heterocycles. The Morgan fingerprint density at radius 2 is 2.25 bits per heavy atom. The fourth-order valence-corrected chi connectivity index (χ4v) is 2.49. The lowest BCUT2D eigenvalue weighted by molar-refractivity contribution is 0.540. The Morgan fingerprint density at radius 3 is 2.85 bits per heavy atom. The zero-order valence-corrected chi connectivity index (χ0v) is 13.7. The third-order valence-electron chi connectivity index (χ3n) is 3.00. The van der Waals surface area contributed by atoms with Crippen molar-refractivity contribution in [2.24, 2.45) is 7.05 Å². The van der Waals surface area contributed by atoms with Crippen LogP contribution in [0.5, 0.6) is 0 Å². The molecule has 1 atom stereocenters. The predicted molar refractivity (Wildman–Crippen MR) is 82.5 cm³/mol. The number of hydrogen-bond acceptors (Lipinski definition) is 2. The zero-order chi connectivity index (χ0) is 14.7. The Bertz CT molecular complexity index is 600. The van der Waals surface area contributed by atoms with Crippen LogP contribution in [0, 0.1) is 5.82 Å². The molecule has 0 aliphatic rings. The summed E-state index contributed by atoms with van der Waals surface area (Å²) in [5.41, 5.74) is 1.28. The molecular formula is C14H16BrClFN3. The summed E-state index contributed by atoms with van der Waals surface area (Å²) in [5, 5.41) is 3.41. The first-order chi connectivity index (χ1) is 9.54. The molecule has 0 fully saturated rings. The molecule has 20 heavy (non-hydrogen) atoms. The average molecular weight is 361 g/mol. The van der Waals surface area contributed by atoms with E-state index in [1.54, 1.807) is 18.5 Å². The number of rotatable bonds is 5. The number of benzene rings is 1. The summed E-state index contributed by atoms with van der Waals surface area (Å²) in [5.74, 6) is -0.416. The fourth-order valence-electron chi connectivity index (χ4n) is 2.01. The molecule has 1 N–H and O–H groups in total. The van der Waals surface area contributed by atoms with Crippen LogP contribution in [0.15, 0.2) is 29.1 Å². The number of aryl methyl sites for hydroxylation is 1. The molecule has 0 radical (unpaired) electrons. The monoisotopic (exact) mass is 359 g/mol. The van der Waals surface area contributed by atoms with Crippen LogP contribution in [-0.4, -0.2) is 16.1 Å². The van der Waals surface area contributed by atoms with Gasteiger partial charge in [-0.25, -0.2) is 9.37 Å². The predicted octanol–water partition coefficient (Wildman–Crippen LogP) is 4.06. The molecule has 0 saturated carbocycles. The molecule has 1 unspecified atom stereocenters. The summed E-state index contributed by atoms with van der Waals surface area (Å²) in [4.78, 5) is 4.32. The molecule has 0 amide bonds. The third-order valence-corrected chi connectivity index (χ3v) is 4.25. The standard InChI is InChI=1S/C14H16BrClFN3/c1-3-6-18-14(11-7-20(2)8-19-11)9-4-5-10(15)12(16)13(9)17/h4-5,7-8,14,18H,3,6H2,1-2H3. The average Bonchev–Trinajstić information content (AvgIpc) is 2.85. The summed E-state index contributed by atoms with van der Waals surface area (Å²) >= 11 is 9.21. The molecule has 0 saturated heterocycles. The van der Waals surface area contributed by atoms with Crippen LogP contribution in [0.3, 0.4) is 0 Å². The molecule has 0 aliphatic heterocycles. The van der Waals surface area contributed by atoms with E-state index in [1.807, 2.05) is 17.8 Å². The maximum atomic E-state index is 14.4. The van der Waals surface area contributed by atoms with Gasteiger partial charge in [0, 0.05) is 23.3 Å². The van der Waals surface area contributed by atoms with Gasteiger partial charge in [0.2, 0.25) is 0 Å². The first-order valence-electron chi connectivity index (χ1n) is 6.39. The van der Waals surface area contributed by atoms with E-state index in [1.165, 1.54) is 0 Å². The van der Waals surface area contributed by atoms with Crippen molar-refractivity contribution in [1.82, 2.24) is 14.9 Å². The highest BCUT2D eigenvalue weighted by molar-refractivity contribution is 9.10. The topological polar surface area (TPSA) is 29.9 Å². The summed E-state index contributed by atoms with van der Waals surface area (Å²) in [6.07, 6.45) is 4.53.